The number of hydrogen-bond donors (Lipinski definition) is 2. The number of benzene rings is 2. The zero-order chi connectivity index (χ0) is 16.8. The predicted octanol–water partition coefficient (Wildman–Crippen LogP) is 2.66. The second-order valence-electron chi connectivity index (χ2n) is 5.82. The Balaban J connectivity index is 1.83. The van der Waals surface area contributed by atoms with Gasteiger partial charge < -0.3 is 10.6 Å². The zero-order valence-corrected chi connectivity index (χ0v) is 13.8. The first-order chi connectivity index (χ1) is 10.9. The number of nitrogens with one attached hydrogen (secondary N) is 2. The third-order valence-electron chi connectivity index (χ3n) is 3.47. The van der Waals surface area contributed by atoms with Crippen molar-refractivity contribution < 1.29 is 9.59 Å². The number of aryl methyl sites for hydroxylation is 3. The summed E-state index contributed by atoms with van der Waals surface area (Å²) in [5.41, 5.74) is 4.82. The monoisotopic (exact) mass is 310 g/mol. The molecule has 0 saturated carbocycles. The molecule has 0 spiro atoms. The topological polar surface area (TPSA) is 58.2 Å². The molecule has 0 aromatic heterocycles. The van der Waals surface area contributed by atoms with Crippen molar-refractivity contribution in [1.82, 2.24) is 10.6 Å². The highest BCUT2D eigenvalue weighted by atomic mass is 16.2. The molecule has 4 nitrogen and oxygen atoms in total. The highest BCUT2D eigenvalue weighted by molar-refractivity contribution is 5.96. The summed E-state index contributed by atoms with van der Waals surface area (Å²) in [5, 5.41) is 5.45. The maximum Gasteiger partial charge on any atom is 0.251 e. The molecular weight excluding hydrogens is 288 g/mol. The molecule has 2 rings (SSSR count). The standard InChI is InChI=1S/C19H22N2O2/c1-13-5-4-6-16(8-13)11-20-18(22)12-21-19(23)17-9-14(2)7-15(3)10-17/h4-10H,11-12H2,1-3H3,(H,20,22)(H,21,23). The second-order valence-corrected chi connectivity index (χ2v) is 5.82. The van der Waals surface area contributed by atoms with E-state index in [1.807, 2.05) is 63.2 Å². The van der Waals surface area contributed by atoms with Gasteiger partial charge >= 0.3 is 0 Å². The van der Waals surface area contributed by atoms with Crippen molar-refractivity contribution in [2.45, 2.75) is 27.3 Å². The lowest BCUT2D eigenvalue weighted by molar-refractivity contribution is -0.120. The molecule has 0 atom stereocenters. The van der Waals surface area contributed by atoms with E-state index in [0.29, 0.717) is 12.1 Å². The fourth-order valence-electron chi connectivity index (χ4n) is 2.45. The lowest BCUT2D eigenvalue weighted by Gasteiger charge is -2.08. The third-order valence-corrected chi connectivity index (χ3v) is 3.47. The Hall–Kier alpha value is -2.62. The first-order valence-electron chi connectivity index (χ1n) is 7.63. The van der Waals surface area contributed by atoms with Crippen LogP contribution in [0.4, 0.5) is 0 Å². The molecule has 0 aliphatic rings. The minimum Gasteiger partial charge on any atom is -0.350 e. The molecular formula is C19H22N2O2. The molecule has 0 fully saturated rings. The van der Waals surface area contributed by atoms with Gasteiger partial charge in [-0.3, -0.25) is 9.59 Å². The Labute approximate surface area is 136 Å². The van der Waals surface area contributed by atoms with Crippen LogP contribution >= 0.6 is 0 Å². The van der Waals surface area contributed by atoms with Gasteiger partial charge in [-0.05, 0) is 38.5 Å². The smallest absolute Gasteiger partial charge is 0.251 e. The average molecular weight is 310 g/mol. The van der Waals surface area contributed by atoms with Gasteiger partial charge in [-0.15, -0.1) is 0 Å². The first-order valence-corrected chi connectivity index (χ1v) is 7.63. The predicted molar refractivity (Wildman–Crippen MR) is 91.3 cm³/mol. The van der Waals surface area contributed by atoms with E-state index in [1.54, 1.807) is 0 Å². The SMILES string of the molecule is Cc1cccc(CNC(=O)CNC(=O)c2cc(C)cc(C)c2)c1. The van der Waals surface area contributed by atoms with Gasteiger partial charge in [0.05, 0.1) is 6.54 Å². The molecule has 0 bridgehead atoms. The van der Waals surface area contributed by atoms with Gasteiger partial charge in [-0.1, -0.05) is 47.0 Å². The summed E-state index contributed by atoms with van der Waals surface area (Å²) in [6.45, 7) is 6.32. The number of hydrogen-bond acceptors (Lipinski definition) is 2. The van der Waals surface area contributed by atoms with Crippen LogP contribution in [0.1, 0.15) is 32.6 Å². The highest BCUT2D eigenvalue weighted by Gasteiger charge is 2.09. The van der Waals surface area contributed by atoms with Crippen molar-refractivity contribution in [1.29, 1.82) is 0 Å². The van der Waals surface area contributed by atoms with Crippen LogP contribution in [-0.2, 0) is 11.3 Å². The molecule has 2 N–H and O–H groups in total. The Bertz CT molecular complexity index is 703. The molecule has 2 aromatic carbocycles. The maximum atomic E-state index is 12.1. The molecule has 0 heterocycles. The van der Waals surface area contributed by atoms with Gasteiger partial charge in [0.1, 0.15) is 0 Å². The van der Waals surface area contributed by atoms with Gasteiger partial charge in [-0.2, -0.15) is 0 Å². The largest absolute Gasteiger partial charge is 0.350 e. The minimum atomic E-state index is -0.234. The highest BCUT2D eigenvalue weighted by Crippen LogP contribution is 2.08. The van der Waals surface area contributed by atoms with Gasteiger partial charge in [0.2, 0.25) is 5.91 Å². The summed E-state index contributed by atoms with van der Waals surface area (Å²) in [4.78, 5) is 23.9. The fourth-order valence-corrected chi connectivity index (χ4v) is 2.45. The van der Waals surface area contributed by atoms with Crippen LogP contribution in [-0.4, -0.2) is 18.4 Å². The quantitative estimate of drug-likeness (QED) is 0.892. The van der Waals surface area contributed by atoms with Gasteiger partial charge in [0, 0.05) is 12.1 Å². The first kappa shape index (κ1) is 16.7. The molecule has 0 radical (unpaired) electrons. The normalized spacial score (nSPS) is 10.2. The molecule has 2 aromatic rings. The Morgan fingerprint density at radius 2 is 1.57 bits per heavy atom. The summed E-state index contributed by atoms with van der Waals surface area (Å²) in [6.07, 6.45) is 0. The van der Waals surface area contributed by atoms with Crippen molar-refractivity contribution in [2.24, 2.45) is 0 Å². The Morgan fingerprint density at radius 3 is 2.22 bits per heavy atom. The summed E-state index contributed by atoms with van der Waals surface area (Å²) in [6, 6.07) is 13.6. The van der Waals surface area contributed by atoms with E-state index in [1.165, 1.54) is 0 Å². The summed E-state index contributed by atoms with van der Waals surface area (Å²) < 4.78 is 0. The lowest BCUT2D eigenvalue weighted by atomic mass is 10.1. The van der Waals surface area contributed by atoms with Crippen LogP contribution in [0.3, 0.4) is 0 Å². The fraction of sp³-hybridized carbons (Fsp3) is 0.263. The molecule has 2 amide bonds. The average Bonchev–Trinajstić information content (AvgIpc) is 2.49. The number of carbonyl (C=O) groups is 2. The van der Waals surface area contributed by atoms with E-state index in [4.69, 9.17) is 0 Å². The van der Waals surface area contributed by atoms with Crippen LogP contribution in [0.25, 0.3) is 0 Å². The third kappa shape index (κ3) is 5.25. The lowest BCUT2D eigenvalue weighted by Crippen LogP contribution is -2.36. The molecule has 4 heteroatoms. The van der Waals surface area contributed by atoms with Gasteiger partial charge in [0.15, 0.2) is 0 Å². The maximum absolute atomic E-state index is 12.1. The molecule has 120 valence electrons. The van der Waals surface area contributed by atoms with Crippen LogP contribution < -0.4 is 10.6 Å². The summed E-state index contributed by atoms with van der Waals surface area (Å²) in [5.74, 6) is -0.438. The van der Waals surface area contributed by atoms with E-state index in [2.05, 4.69) is 10.6 Å². The summed E-state index contributed by atoms with van der Waals surface area (Å²) >= 11 is 0. The van der Waals surface area contributed by atoms with Crippen LogP contribution in [0.15, 0.2) is 42.5 Å². The van der Waals surface area contributed by atoms with Crippen molar-refractivity contribution in [3.63, 3.8) is 0 Å². The van der Waals surface area contributed by atoms with E-state index >= 15 is 0 Å². The van der Waals surface area contributed by atoms with Crippen molar-refractivity contribution in [3.05, 3.63) is 70.3 Å². The Morgan fingerprint density at radius 1 is 0.870 bits per heavy atom. The van der Waals surface area contributed by atoms with E-state index in [9.17, 15) is 9.59 Å². The minimum absolute atomic E-state index is 0.0301. The van der Waals surface area contributed by atoms with Crippen molar-refractivity contribution in [3.8, 4) is 0 Å². The van der Waals surface area contributed by atoms with Crippen LogP contribution in [0, 0.1) is 20.8 Å². The number of amides is 2. The van der Waals surface area contributed by atoms with Gasteiger partial charge in [-0.25, -0.2) is 0 Å². The van der Waals surface area contributed by atoms with Crippen LogP contribution in [0.2, 0.25) is 0 Å². The molecule has 0 aliphatic carbocycles. The van der Waals surface area contributed by atoms with Gasteiger partial charge in [0.25, 0.3) is 5.91 Å². The molecule has 23 heavy (non-hydrogen) atoms. The van der Waals surface area contributed by atoms with E-state index in [0.717, 1.165) is 22.3 Å². The zero-order valence-electron chi connectivity index (χ0n) is 13.8. The summed E-state index contributed by atoms with van der Waals surface area (Å²) in [7, 11) is 0. The number of carbonyl (C=O) groups excluding carboxylic acids is 2. The van der Waals surface area contributed by atoms with E-state index < -0.39 is 0 Å². The van der Waals surface area contributed by atoms with Crippen molar-refractivity contribution in [2.75, 3.05) is 6.54 Å². The molecule has 0 unspecified atom stereocenters. The van der Waals surface area contributed by atoms with Crippen LogP contribution in [0.5, 0.6) is 0 Å². The van der Waals surface area contributed by atoms with Crippen molar-refractivity contribution >= 4 is 11.8 Å². The van der Waals surface area contributed by atoms with E-state index in [-0.39, 0.29) is 18.4 Å². The molecule has 0 aliphatic heterocycles. The number of rotatable bonds is 5. The second kappa shape index (κ2) is 7.58. The molecule has 0 saturated heterocycles. The Kier molecular flexibility index (Phi) is 5.52.